The Bertz CT molecular complexity index is 166. The molecule has 2 nitrogen and oxygen atoms in total. The van der Waals surface area contributed by atoms with Crippen molar-refractivity contribution < 1.29 is 5.11 Å². The van der Waals surface area contributed by atoms with Gasteiger partial charge in [-0.2, -0.15) is 11.8 Å². The van der Waals surface area contributed by atoms with Crippen LogP contribution in [0, 0.1) is 5.41 Å². The molecular formula is C12H27NOS. The minimum Gasteiger partial charge on any atom is -0.396 e. The number of rotatable bonds is 8. The van der Waals surface area contributed by atoms with Crippen LogP contribution in [0.5, 0.6) is 0 Å². The van der Waals surface area contributed by atoms with Crippen LogP contribution in [0.25, 0.3) is 0 Å². The number of hydrogen-bond acceptors (Lipinski definition) is 3. The number of thioether (sulfide) groups is 1. The van der Waals surface area contributed by atoms with Crippen molar-refractivity contribution in [3.8, 4) is 0 Å². The van der Waals surface area contributed by atoms with E-state index in [9.17, 15) is 5.11 Å². The molecule has 2 unspecified atom stereocenters. The lowest BCUT2D eigenvalue weighted by Gasteiger charge is -2.35. The van der Waals surface area contributed by atoms with E-state index >= 15 is 0 Å². The molecular weight excluding hydrogens is 206 g/mol. The normalized spacial score (nSPS) is 17.8. The van der Waals surface area contributed by atoms with Gasteiger partial charge in [-0.15, -0.1) is 0 Å². The Morgan fingerprint density at radius 1 is 1.47 bits per heavy atom. The molecule has 0 rings (SSSR count). The van der Waals surface area contributed by atoms with Crippen molar-refractivity contribution in [2.45, 2.75) is 39.7 Å². The van der Waals surface area contributed by atoms with Crippen molar-refractivity contribution in [2.24, 2.45) is 5.41 Å². The van der Waals surface area contributed by atoms with Gasteiger partial charge in [0.15, 0.2) is 0 Å². The lowest BCUT2D eigenvalue weighted by molar-refractivity contribution is 0.0800. The average molecular weight is 233 g/mol. The predicted octanol–water partition coefficient (Wildman–Crippen LogP) is 2.47. The summed E-state index contributed by atoms with van der Waals surface area (Å²) in [5, 5.41) is 9.45. The molecule has 92 valence electrons. The fourth-order valence-electron chi connectivity index (χ4n) is 1.94. The van der Waals surface area contributed by atoms with E-state index in [1.807, 2.05) is 11.8 Å². The summed E-state index contributed by atoms with van der Waals surface area (Å²) in [7, 11) is 2.16. The SMILES string of the molecule is CCCC(C)(CO)CN(C)C(C)CSC. The molecule has 0 saturated heterocycles. The van der Waals surface area contributed by atoms with Gasteiger partial charge >= 0.3 is 0 Å². The molecule has 0 aromatic carbocycles. The Kier molecular flexibility index (Phi) is 7.66. The summed E-state index contributed by atoms with van der Waals surface area (Å²) < 4.78 is 0. The molecule has 0 aliphatic carbocycles. The summed E-state index contributed by atoms with van der Waals surface area (Å²) in [4.78, 5) is 2.36. The molecule has 0 heterocycles. The third kappa shape index (κ3) is 5.79. The molecule has 0 radical (unpaired) electrons. The highest BCUT2D eigenvalue weighted by atomic mass is 32.2. The van der Waals surface area contributed by atoms with Crippen molar-refractivity contribution in [1.29, 1.82) is 0 Å². The highest BCUT2D eigenvalue weighted by Gasteiger charge is 2.25. The van der Waals surface area contributed by atoms with E-state index in [0.29, 0.717) is 6.04 Å². The summed E-state index contributed by atoms with van der Waals surface area (Å²) in [6, 6.07) is 0.586. The van der Waals surface area contributed by atoms with E-state index in [1.54, 1.807) is 0 Å². The minimum absolute atomic E-state index is 0.0656. The molecule has 0 bridgehead atoms. The van der Waals surface area contributed by atoms with Gasteiger partial charge in [-0.25, -0.2) is 0 Å². The molecule has 0 fully saturated rings. The first-order valence-electron chi connectivity index (χ1n) is 5.79. The van der Waals surface area contributed by atoms with Crippen LogP contribution in [0.3, 0.4) is 0 Å². The molecule has 0 saturated carbocycles. The van der Waals surface area contributed by atoms with Gasteiger partial charge < -0.3 is 10.0 Å². The lowest BCUT2D eigenvalue weighted by Crippen LogP contribution is -2.41. The van der Waals surface area contributed by atoms with E-state index in [4.69, 9.17) is 0 Å². The summed E-state index contributed by atoms with van der Waals surface area (Å²) in [6.45, 7) is 7.88. The highest BCUT2D eigenvalue weighted by molar-refractivity contribution is 7.98. The first-order chi connectivity index (χ1) is 6.99. The monoisotopic (exact) mass is 233 g/mol. The molecule has 2 atom stereocenters. The van der Waals surface area contributed by atoms with Crippen molar-refractivity contribution in [3.63, 3.8) is 0 Å². The van der Waals surface area contributed by atoms with Gasteiger partial charge in [0.2, 0.25) is 0 Å². The molecule has 0 aliphatic heterocycles. The van der Waals surface area contributed by atoms with Gasteiger partial charge in [-0.1, -0.05) is 20.3 Å². The largest absolute Gasteiger partial charge is 0.396 e. The fraction of sp³-hybridized carbons (Fsp3) is 1.00. The smallest absolute Gasteiger partial charge is 0.0497 e. The number of hydrogen-bond donors (Lipinski definition) is 1. The molecule has 3 heteroatoms. The number of nitrogens with zero attached hydrogens (tertiary/aromatic N) is 1. The van der Waals surface area contributed by atoms with E-state index in [2.05, 4.69) is 39.0 Å². The highest BCUT2D eigenvalue weighted by Crippen LogP contribution is 2.24. The Balaban J connectivity index is 4.15. The lowest BCUT2D eigenvalue weighted by atomic mass is 9.86. The van der Waals surface area contributed by atoms with Crippen LogP contribution < -0.4 is 0 Å². The first kappa shape index (κ1) is 15.3. The van der Waals surface area contributed by atoms with Crippen LogP contribution in [0.1, 0.15) is 33.6 Å². The zero-order chi connectivity index (χ0) is 11.9. The Morgan fingerprint density at radius 3 is 2.47 bits per heavy atom. The van der Waals surface area contributed by atoms with Gasteiger partial charge in [0, 0.05) is 30.4 Å². The van der Waals surface area contributed by atoms with Crippen LogP contribution in [0.2, 0.25) is 0 Å². The summed E-state index contributed by atoms with van der Waals surface area (Å²) in [5.41, 5.74) is 0.0656. The zero-order valence-corrected chi connectivity index (χ0v) is 11.7. The predicted molar refractivity (Wildman–Crippen MR) is 70.6 cm³/mol. The molecule has 0 aromatic heterocycles. The zero-order valence-electron chi connectivity index (χ0n) is 10.9. The Morgan fingerprint density at radius 2 is 2.07 bits per heavy atom. The van der Waals surface area contributed by atoms with Gasteiger partial charge in [0.1, 0.15) is 0 Å². The second-order valence-electron chi connectivity index (χ2n) is 4.94. The molecule has 0 aliphatic rings. The molecule has 0 aromatic rings. The topological polar surface area (TPSA) is 23.5 Å². The van der Waals surface area contributed by atoms with Gasteiger partial charge in [0.05, 0.1) is 0 Å². The maximum Gasteiger partial charge on any atom is 0.0497 e. The van der Waals surface area contributed by atoms with Gasteiger partial charge in [0.25, 0.3) is 0 Å². The summed E-state index contributed by atoms with van der Waals surface area (Å²) in [6.07, 6.45) is 4.38. The summed E-state index contributed by atoms with van der Waals surface area (Å²) in [5.74, 6) is 1.16. The van der Waals surface area contributed by atoms with Crippen molar-refractivity contribution in [2.75, 3.05) is 32.2 Å². The average Bonchev–Trinajstić information content (AvgIpc) is 2.18. The summed E-state index contributed by atoms with van der Waals surface area (Å²) >= 11 is 1.88. The second-order valence-corrected chi connectivity index (χ2v) is 5.85. The Labute approximate surface area is 99.4 Å². The maximum atomic E-state index is 9.45. The van der Waals surface area contributed by atoms with Gasteiger partial charge in [-0.05, 0) is 26.6 Å². The van der Waals surface area contributed by atoms with Gasteiger partial charge in [-0.3, -0.25) is 0 Å². The van der Waals surface area contributed by atoms with Crippen LogP contribution in [-0.4, -0.2) is 48.3 Å². The van der Waals surface area contributed by atoms with Crippen molar-refractivity contribution >= 4 is 11.8 Å². The third-order valence-corrected chi connectivity index (χ3v) is 3.84. The van der Waals surface area contributed by atoms with Crippen LogP contribution in [0.15, 0.2) is 0 Å². The van der Waals surface area contributed by atoms with Crippen LogP contribution in [0.4, 0.5) is 0 Å². The standard InChI is InChI=1S/C12H27NOS/c1-6-7-12(3,10-14)9-13(4)11(2)8-15-5/h11,14H,6-10H2,1-5H3. The van der Waals surface area contributed by atoms with E-state index in [0.717, 1.165) is 25.1 Å². The van der Waals surface area contributed by atoms with E-state index in [-0.39, 0.29) is 12.0 Å². The van der Waals surface area contributed by atoms with Crippen LogP contribution >= 0.6 is 11.8 Å². The van der Waals surface area contributed by atoms with E-state index < -0.39 is 0 Å². The molecule has 0 spiro atoms. The first-order valence-corrected chi connectivity index (χ1v) is 7.18. The quantitative estimate of drug-likeness (QED) is 0.697. The Hall–Kier alpha value is 0.270. The second kappa shape index (κ2) is 7.53. The number of aliphatic hydroxyl groups is 1. The van der Waals surface area contributed by atoms with Crippen LogP contribution in [-0.2, 0) is 0 Å². The minimum atomic E-state index is 0.0656. The van der Waals surface area contributed by atoms with Crippen molar-refractivity contribution in [1.82, 2.24) is 4.90 Å². The van der Waals surface area contributed by atoms with E-state index in [1.165, 1.54) is 0 Å². The molecule has 1 N–H and O–H groups in total. The molecule has 0 amide bonds. The fourth-order valence-corrected chi connectivity index (χ4v) is 2.67. The molecule has 15 heavy (non-hydrogen) atoms. The number of aliphatic hydroxyl groups excluding tert-OH is 1. The third-order valence-electron chi connectivity index (χ3n) is 3.03. The van der Waals surface area contributed by atoms with Crippen molar-refractivity contribution in [3.05, 3.63) is 0 Å². The maximum absolute atomic E-state index is 9.45.